The zero-order chi connectivity index (χ0) is 22.3. The van der Waals surface area contributed by atoms with Crippen LogP contribution in [0.1, 0.15) is 29.3 Å². The maximum absolute atomic E-state index is 13.8. The van der Waals surface area contributed by atoms with Crippen LogP contribution in [-0.2, 0) is 16.1 Å². The van der Waals surface area contributed by atoms with Crippen molar-refractivity contribution in [2.45, 2.75) is 25.6 Å². The zero-order valence-corrected chi connectivity index (χ0v) is 20.1. The van der Waals surface area contributed by atoms with E-state index in [2.05, 4.69) is 22.6 Å². The summed E-state index contributed by atoms with van der Waals surface area (Å²) >= 11 is 8.70. The molecule has 0 N–H and O–H groups in total. The van der Waals surface area contributed by atoms with Crippen molar-refractivity contribution in [3.8, 4) is 17.2 Å². The van der Waals surface area contributed by atoms with Gasteiger partial charge in [0.2, 0.25) is 11.4 Å². The normalized spacial score (nSPS) is 22.1. The SMILES string of the molecule is COc1cc(OC)c2c(c1Cl)O[C@]1(C2=O)C(OCc2cccc(I)c2)=CC(=O)C[C@H]1C. The Hall–Kier alpha value is -2.26. The van der Waals surface area contributed by atoms with Gasteiger partial charge in [-0.1, -0.05) is 30.7 Å². The van der Waals surface area contributed by atoms with Crippen molar-refractivity contribution in [3.63, 3.8) is 0 Å². The summed E-state index contributed by atoms with van der Waals surface area (Å²) in [6, 6.07) is 9.33. The van der Waals surface area contributed by atoms with Crippen molar-refractivity contribution >= 4 is 45.8 Å². The van der Waals surface area contributed by atoms with Crippen LogP contribution < -0.4 is 14.2 Å². The number of hydrogen-bond donors (Lipinski definition) is 0. The molecule has 2 atom stereocenters. The molecule has 2 aromatic rings. The molecule has 162 valence electrons. The Labute approximate surface area is 198 Å². The molecule has 0 saturated carbocycles. The lowest BCUT2D eigenvalue weighted by Gasteiger charge is -2.37. The monoisotopic (exact) mass is 554 g/mol. The number of Topliss-reactive ketones (excluding diaryl/α,β-unsaturated/α-hetero) is 1. The van der Waals surface area contributed by atoms with Crippen LogP contribution in [0.2, 0.25) is 5.02 Å². The maximum atomic E-state index is 13.8. The van der Waals surface area contributed by atoms with Gasteiger partial charge < -0.3 is 18.9 Å². The smallest absolute Gasteiger partial charge is 0.231 e. The minimum atomic E-state index is -1.50. The first-order valence-corrected chi connectivity index (χ1v) is 11.1. The highest BCUT2D eigenvalue weighted by molar-refractivity contribution is 14.1. The molecule has 1 spiro atoms. The third-order valence-corrected chi connectivity index (χ3v) is 6.59. The quantitative estimate of drug-likeness (QED) is 0.486. The van der Waals surface area contributed by atoms with Crippen LogP contribution in [0.25, 0.3) is 0 Å². The second-order valence-corrected chi connectivity index (χ2v) is 9.09. The molecule has 0 bridgehead atoms. The largest absolute Gasteiger partial charge is 0.496 e. The summed E-state index contributed by atoms with van der Waals surface area (Å²) in [5.74, 6) is 0.0199. The molecule has 0 unspecified atom stereocenters. The first-order valence-electron chi connectivity index (χ1n) is 9.62. The Morgan fingerprint density at radius 1 is 1.19 bits per heavy atom. The number of halogens is 2. The van der Waals surface area contributed by atoms with Gasteiger partial charge in [0.1, 0.15) is 28.7 Å². The first kappa shape index (κ1) is 22.0. The van der Waals surface area contributed by atoms with Gasteiger partial charge in [0.15, 0.2) is 17.3 Å². The van der Waals surface area contributed by atoms with E-state index >= 15 is 0 Å². The van der Waals surface area contributed by atoms with Gasteiger partial charge in [-0.2, -0.15) is 0 Å². The molecule has 1 heterocycles. The summed E-state index contributed by atoms with van der Waals surface area (Å²) < 4.78 is 24.1. The zero-order valence-electron chi connectivity index (χ0n) is 17.2. The average Bonchev–Trinajstić information content (AvgIpc) is 3.05. The van der Waals surface area contributed by atoms with Gasteiger partial charge in [-0.3, -0.25) is 9.59 Å². The Morgan fingerprint density at radius 3 is 2.61 bits per heavy atom. The lowest BCUT2D eigenvalue weighted by Crippen LogP contribution is -2.51. The predicted molar refractivity (Wildman–Crippen MR) is 123 cm³/mol. The summed E-state index contributed by atoms with van der Waals surface area (Å²) in [6.45, 7) is 1.98. The van der Waals surface area contributed by atoms with Crippen LogP contribution in [-0.4, -0.2) is 31.4 Å². The Morgan fingerprint density at radius 2 is 1.94 bits per heavy atom. The summed E-state index contributed by atoms with van der Waals surface area (Å²) in [5, 5.41) is 0.171. The predicted octanol–water partition coefficient (Wildman–Crippen LogP) is 4.99. The fourth-order valence-corrected chi connectivity index (χ4v) is 4.90. The maximum Gasteiger partial charge on any atom is 0.231 e. The van der Waals surface area contributed by atoms with Crippen molar-refractivity contribution in [1.82, 2.24) is 0 Å². The second kappa shape index (κ2) is 8.35. The highest BCUT2D eigenvalue weighted by Gasteiger charge is 2.60. The van der Waals surface area contributed by atoms with E-state index in [-0.39, 0.29) is 46.7 Å². The van der Waals surface area contributed by atoms with Crippen LogP contribution in [0.5, 0.6) is 17.2 Å². The standard InChI is InChI=1S/C23H20ClIO6/c1-12-7-15(26)9-18(30-11-13-5-4-6-14(25)8-13)23(12)22(27)19-16(28-2)10-17(29-3)20(24)21(19)31-23/h4-6,8-10,12H,7,11H2,1-3H3/t12-,23+/m1/s1. The Bertz CT molecular complexity index is 1110. The van der Waals surface area contributed by atoms with Crippen molar-refractivity contribution in [1.29, 1.82) is 0 Å². The van der Waals surface area contributed by atoms with Gasteiger partial charge in [-0.25, -0.2) is 0 Å². The van der Waals surface area contributed by atoms with Crippen LogP contribution in [0.15, 0.2) is 42.2 Å². The Kier molecular flexibility index (Phi) is 5.91. The van der Waals surface area contributed by atoms with Gasteiger partial charge >= 0.3 is 0 Å². The van der Waals surface area contributed by atoms with E-state index in [9.17, 15) is 9.59 Å². The highest BCUT2D eigenvalue weighted by Crippen LogP contribution is 2.54. The third kappa shape index (κ3) is 3.57. The number of fused-ring (bicyclic) bond motifs is 1. The van der Waals surface area contributed by atoms with Crippen molar-refractivity contribution in [2.24, 2.45) is 5.92 Å². The molecule has 4 rings (SSSR count). The summed E-state index contributed by atoms with van der Waals surface area (Å²) in [4.78, 5) is 26.1. The average molecular weight is 555 g/mol. The number of benzene rings is 2. The molecular formula is C23H20ClIO6. The van der Waals surface area contributed by atoms with Gasteiger partial charge in [0.05, 0.1) is 14.2 Å². The van der Waals surface area contributed by atoms with Gasteiger partial charge in [-0.05, 0) is 40.3 Å². The molecular weight excluding hydrogens is 535 g/mol. The number of rotatable bonds is 5. The number of carbonyl (C=O) groups is 2. The van der Waals surface area contributed by atoms with E-state index in [0.29, 0.717) is 11.5 Å². The summed E-state index contributed by atoms with van der Waals surface area (Å²) in [7, 11) is 2.93. The van der Waals surface area contributed by atoms with Crippen molar-refractivity contribution < 1.29 is 28.5 Å². The van der Waals surface area contributed by atoms with Gasteiger partial charge in [-0.15, -0.1) is 0 Å². The van der Waals surface area contributed by atoms with Crippen molar-refractivity contribution in [2.75, 3.05) is 14.2 Å². The molecule has 1 aliphatic carbocycles. The molecule has 0 amide bonds. The third-order valence-electron chi connectivity index (χ3n) is 5.56. The molecule has 31 heavy (non-hydrogen) atoms. The van der Waals surface area contributed by atoms with Gasteiger partial charge in [0.25, 0.3) is 0 Å². The molecule has 6 nitrogen and oxygen atoms in total. The second-order valence-electron chi connectivity index (χ2n) is 7.46. The lowest BCUT2D eigenvalue weighted by atomic mass is 9.75. The molecule has 2 aliphatic rings. The van der Waals surface area contributed by atoms with E-state index in [1.165, 1.54) is 20.3 Å². The lowest BCUT2D eigenvalue weighted by molar-refractivity contribution is -0.118. The van der Waals surface area contributed by atoms with E-state index in [0.717, 1.165) is 9.13 Å². The van der Waals surface area contributed by atoms with Crippen molar-refractivity contribution in [3.05, 3.63) is 61.9 Å². The molecule has 0 fully saturated rings. The Balaban J connectivity index is 1.78. The van der Waals surface area contributed by atoms with E-state index < -0.39 is 11.5 Å². The number of methoxy groups -OCH3 is 2. The number of allylic oxidation sites excluding steroid dienone is 1. The van der Waals surface area contributed by atoms with Crippen LogP contribution >= 0.6 is 34.2 Å². The number of hydrogen-bond acceptors (Lipinski definition) is 6. The highest BCUT2D eigenvalue weighted by atomic mass is 127. The summed E-state index contributed by atoms with van der Waals surface area (Å²) in [6.07, 6.45) is 1.50. The number of ether oxygens (including phenoxy) is 4. The fraction of sp³-hybridized carbons (Fsp3) is 0.304. The summed E-state index contributed by atoms with van der Waals surface area (Å²) in [5.41, 5.74) is -0.367. The van der Waals surface area contributed by atoms with Crippen LogP contribution in [0, 0.1) is 9.49 Å². The molecule has 1 aliphatic heterocycles. The first-order chi connectivity index (χ1) is 14.8. The number of ketones is 2. The van der Waals surface area contributed by atoms with E-state index in [1.807, 2.05) is 24.3 Å². The minimum absolute atomic E-state index is 0.126. The van der Waals surface area contributed by atoms with Crippen LogP contribution in [0.4, 0.5) is 0 Å². The van der Waals surface area contributed by atoms with Crippen LogP contribution in [0.3, 0.4) is 0 Å². The molecule has 0 saturated heterocycles. The minimum Gasteiger partial charge on any atom is -0.496 e. The molecule has 8 heteroatoms. The van der Waals surface area contributed by atoms with E-state index in [4.69, 9.17) is 30.5 Å². The molecule has 2 aromatic carbocycles. The van der Waals surface area contributed by atoms with Gasteiger partial charge in [0, 0.05) is 28.1 Å². The topological polar surface area (TPSA) is 71.1 Å². The molecule has 0 aromatic heterocycles. The number of carbonyl (C=O) groups excluding carboxylic acids is 2. The molecule has 0 radical (unpaired) electrons. The van der Waals surface area contributed by atoms with E-state index in [1.54, 1.807) is 13.0 Å². The fourth-order valence-electron chi connectivity index (χ4n) is 4.03.